The van der Waals surface area contributed by atoms with E-state index in [4.69, 9.17) is 0 Å². The van der Waals surface area contributed by atoms with Crippen molar-refractivity contribution in [3.8, 4) is 0 Å². The Morgan fingerprint density at radius 3 is 2.61 bits per heavy atom. The molecule has 0 aliphatic carbocycles. The maximum atomic E-state index is 4.65. The molecule has 0 saturated carbocycles. The van der Waals surface area contributed by atoms with Gasteiger partial charge in [0.15, 0.2) is 0 Å². The molecule has 1 heterocycles. The minimum atomic E-state index is 0.443. The molecule has 0 bridgehead atoms. The molecule has 1 aromatic rings. The summed E-state index contributed by atoms with van der Waals surface area (Å²) in [6, 6.07) is 2.48. The number of hydrogen-bond donors (Lipinski definition) is 1. The van der Waals surface area contributed by atoms with Crippen molar-refractivity contribution in [1.82, 2.24) is 15.3 Å². The molecule has 1 N–H and O–H groups in total. The summed E-state index contributed by atoms with van der Waals surface area (Å²) in [6.07, 6.45) is 4.10. The van der Waals surface area contributed by atoms with Crippen molar-refractivity contribution >= 4 is 5.95 Å². The molecular weight excluding hydrogens is 224 g/mol. The van der Waals surface area contributed by atoms with E-state index < -0.39 is 0 Å². The van der Waals surface area contributed by atoms with Gasteiger partial charge in [-0.1, -0.05) is 13.8 Å². The van der Waals surface area contributed by atoms with Crippen LogP contribution in [0.3, 0.4) is 0 Å². The van der Waals surface area contributed by atoms with Crippen LogP contribution >= 0.6 is 0 Å². The fourth-order valence-electron chi connectivity index (χ4n) is 2.12. The molecule has 4 nitrogen and oxygen atoms in total. The average molecular weight is 250 g/mol. The van der Waals surface area contributed by atoms with Gasteiger partial charge >= 0.3 is 0 Å². The Balaban J connectivity index is 2.84. The van der Waals surface area contributed by atoms with Crippen LogP contribution < -0.4 is 10.2 Å². The van der Waals surface area contributed by atoms with E-state index in [1.54, 1.807) is 0 Å². The normalized spacial score (nSPS) is 14.3. The molecule has 0 radical (unpaired) electrons. The Morgan fingerprint density at radius 1 is 1.33 bits per heavy atom. The Morgan fingerprint density at radius 2 is 2.06 bits per heavy atom. The second kappa shape index (κ2) is 7.31. The van der Waals surface area contributed by atoms with Crippen molar-refractivity contribution in [2.75, 3.05) is 25.5 Å². The zero-order valence-electron chi connectivity index (χ0n) is 12.3. The number of anilines is 1. The van der Waals surface area contributed by atoms with E-state index in [0.717, 1.165) is 31.0 Å². The molecule has 0 fully saturated rings. The highest BCUT2D eigenvalue weighted by atomic mass is 15.2. The lowest BCUT2D eigenvalue weighted by Gasteiger charge is -2.24. The Hall–Kier alpha value is -1.16. The van der Waals surface area contributed by atoms with Gasteiger partial charge in [-0.15, -0.1) is 0 Å². The van der Waals surface area contributed by atoms with Crippen molar-refractivity contribution in [2.24, 2.45) is 0 Å². The number of hydrogen-bond acceptors (Lipinski definition) is 4. The third-order valence-electron chi connectivity index (χ3n) is 3.20. The molecule has 0 amide bonds. The lowest BCUT2D eigenvalue weighted by molar-refractivity contribution is 0.442. The van der Waals surface area contributed by atoms with Crippen LogP contribution in [0.25, 0.3) is 0 Å². The number of nitrogens with one attached hydrogen (secondary N) is 1. The van der Waals surface area contributed by atoms with Gasteiger partial charge in [0.25, 0.3) is 0 Å². The molecule has 4 heteroatoms. The molecule has 1 rings (SSSR count). The highest BCUT2D eigenvalue weighted by molar-refractivity contribution is 5.28. The van der Waals surface area contributed by atoms with Crippen LogP contribution in [0.1, 0.15) is 45.2 Å². The first kappa shape index (κ1) is 14.9. The van der Waals surface area contributed by atoms with Crippen molar-refractivity contribution in [3.05, 3.63) is 18.0 Å². The van der Waals surface area contributed by atoms with Crippen molar-refractivity contribution in [2.45, 2.75) is 45.6 Å². The Bertz CT molecular complexity index is 351. The molecule has 18 heavy (non-hydrogen) atoms. The fourth-order valence-corrected chi connectivity index (χ4v) is 2.12. The first-order chi connectivity index (χ1) is 8.60. The van der Waals surface area contributed by atoms with Gasteiger partial charge in [0, 0.05) is 32.3 Å². The lowest BCUT2D eigenvalue weighted by atomic mass is 9.94. The molecule has 0 aliphatic rings. The van der Waals surface area contributed by atoms with Gasteiger partial charge in [0.05, 0.1) is 5.69 Å². The maximum absolute atomic E-state index is 4.65. The third-order valence-corrected chi connectivity index (χ3v) is 3.20. The predicted octanol–water partition coefficient (Wildman–Crippen LogP) is 2.42. The fraction of sp³-hybridized carbons (Fsp3) is 0.714. The standard InChI is InChI=1S/C14H26N4/c1-6-9-15-11(3)12(7-2)13-8-10-16-14(17-13)18(4)5/h8,10-12,15H,6-7,9H2,1-5H3. The summed E-state index contributed by atoms with van der Waals surface area (Å²) in [7, 11) is 3.94. The van der Waals surface area contributed by atoms with Gasteiger partial charge in [-0.3, -0.25) is 0 Å². The van der Waals surface area contributed by atoms with Gasteiger partial charge in [0.2, 0.25) is 5.95 Å². The molecular formula is C14H26N4. The monoisotopic (exact) mass is 250 g/mol. The van der Waals surface area contributed by atoms with E-state index >= 15 is 0 Å². The molecule has 0 aromatic carbocycles. The zero-order valence-corrected chi connectivity index (χ0v) is 12.3. The van der Waals surface area contributed by atoms with Crippen molar-refractivity contribution < 1.29 is 0 Å². The summed E-state index contributed by atoms with van der Waals surface area (Å²) >= 11 is 0. The lowest BCUT2D eigenvalue weighted by Crippen LogP contribution is -2.33. The van der Waals surface area contributed by atoms with Gasteiger partial charge < -0.3 is 10.2 Å². The summed E-state index contributed by atoms with van der Waals surface area (Å²) in [5.41, 5.74) is 1.13. The van der Waals surface area contributed by atoms with E-state index in [0.29, 0.717) is 12.0 Å². The number of aromatic nitrogens is 2. The van der Waals surface area contributed by atoms with Gasteiger partial charge in [0.1, 0.15) is 0 Å². The van der Waals surface area contributed by atoms with Crippen LogP contribution in [0.2, 0.25) is 0 Å². The molecule has 2 atom stereocenters. The summed E-state index contributed by atoms with van der Waals surface area (Å²) in [5.74, 6) is 1.23. The van der Waals surface area contributed by atoms with E-state index in [1.807, 2.05) is 31.3 Å². The third kappa shape index (κ3) is 3.95. The Kier molecular flexibility index (Phi) is 6.05. The summed E-state index contributed by atoms with van der Waals surface area (Å²) in [4.78, 5) is 10.9. The van der Waals surface area contributed by atoms with Gasteiger partial charge in [-0.05, 0) is 32.4 Å². The van der Waals surface area contributed by atoms with Crippen molar-refractivity contribution in [1.29, 1.82) is 0 Å². The minimum absolute atomic E-state index is 0.443. The van der Waals surface area contributed by atoms with Crippen LogP contribution in [0.4, 0.5) is 5.95 Å². The largest absolute Gasteiger partial charge is 0.347 e. The molecule has 1 aromatic heterocycles. The SMILES string of the molecule is CCCNC(C)C(CC)c1ccnc(N(C)C)n1. The van der Waals surface area contributed by atoms with Crippen LogP contribution in [0.5, 0.6) is 0 Å². The second-order valence-electron chi connectivity index (χ2n) is 4.93. The van der Waals surface area contributed by atoms with Crippen LogP contribution in [-0.4, -0.2) is 36.6 Å². The highest BCUT2D eigenvalue weighted by Gasteiger charge is 2.19. The van der Waals surface area contributed by atoms with E-state index in [-0.39, 0.29) is 0 Å². The zero-order chi connectivity index (χ0) is 13.5. The summed E-state index contributed by atoms with van der Waals surface area (Å²) in [6.45, 7) is 7.70. The molecule has 0 aliphatic heterocycles. The smallest absolute Gasteiger partial charge is 0.224 e. The Labute approximate surface area is 111 Å². The molecule has 102 valence electrons. The van der Waals surface area contributed by atoms with Crippen molar-refractivity contribution in [3.63, 3.8) is 0 Å². The molecule has 2 unspecified atom stereocenters. The van der Waals surface area contributed by atoms with Crippen LogP contribution in [0, 0.1) is 0 Å². The highest BCUT2D eigenvalue weighted by Crippen LogP contribution is 2.22. The molecule has 0 spiro atoms. The van der Waals surface area contributed by atoms with Crippen LogP contribution in [-0.2, 0) is 0 Å². The second-order valence-corrected chi connectivity index (χ2v) is 4.93. The minimum Gasteiger partial charge on any atom is -0.347 e. The van der Waals surface area contributed by atoms with Gasteiger partial charge in [-0.2, -0.15) is 0 Å². The van der Waals surface area contributed by atoms with Gasteiger partial charge in [-0.25, -0.2) is 9.97 Å². The molecule has 0 saturated heterocycles. The first-order valence-corrected chi connectivity index (χ1v) is 6.83. The summed E-state index contributed by atoms with van der Waals surface area (Å²) < 4.78 is 0. The van der Waals surface area contributed by atoms with E-state index in [1.165, 1.54) is 0 Å². The quantitative estimate of drug-likeness (QED) is 0.807. The number of nitrogens with zero attached hydrogens (tertiary/aromatic N) is 3. The first-order valence-electron chi connectivity index (χ1n) is 6.83. The van der Waals surface area contributed by atoms with Crippen LogP contribution in [0.15, 0.2) is 12.3 Å². The maximum Gasteiger partial charge on any atom is 0.224 e. The topological polar surface area (TPSA) is 41.1 Å². The van der Waals surface area contributed by atoms with E-state index in [2.05, 4.69) is 36.1 Å². The van der Waals surface area contributed by atoms with E-state index in [9.17, 15) is 0 Å². The number of rotatable bonds is 7. The average Bonchev–Trinajstić information content (AvgIpc) is 2.37. The summed E-state index contributed by atoms with van der Waals surface area (Å²) in [5, 5.41) is 3.56. The predicted molar refractivity (Wildman–Crippen MR) is 77.1 cm³/mol.